The van der Waals surface area contributed by atoms with E-state index in [0.717, 1.165) is 83.7 Å². The third-order valence-electron chi connectivity index (χ3n) is 18.8. The first-order valence-electron chi connectivity index (χ1n) is 24.2. The summed E-state index contributed by atoms with van der Waals surface area (Å²) in [5, 5.41) is 4.13. The third-order valence-corrected chi connectivity index (χ3v) is 18.8. The number of hydrogen-bond donors (Lipinski definition) is 1. The van der Waals surface area contributed by atoms with Crippen molar-refractivity contribution in [3.63, 3.8) is 0 Å². The van der Waals surface area contributed by atoms with Crippen LogP contribution in [0, 0.1) is 41.4 Å². The summed E-state index contributed by atoms with van der Waals surface area (Å²) in [6.07, 6.45) is 47.5. The van der Waals surface area contributed by atoms with E-state index in [9.17, 15) is 0 Å². The Morgan fingerprint density at radius 1 is 0.412 bits per heavy atom. The molecule has 1 N–H and O–H groups in total. The van der Waals surface area contributed by atoms with Crippen molar-refractivity contribution < 1.29 is 4.74 Å². The van der Waals surface area contributed by atoms with Crippen LogP contribution in [0.1, 0.15) is 199 Å². The van der Waals surface area contributed by atoms with Crippen molar-refractivity contribution in [1.82, 2.24) is 15.1 Å². The molecular weight excluding hydrogens is 623 g/mol. The standard InChI is InChI=1S/C47H79N3O/c1-3-11-35(12-4-1)49(36-13-5-2-6-14-36)38-27-30-45-42(31-38)39-15-7-9-17-44(39)50(45)37-25-23-33(24-26-37)32-19-21-34(22-20-32)43-29-28-41-40-16-8-10-18-46(40)51-47(41)48-43/h32-48H,1-31H2. The molecule has 0 radical (unpaired) electrons. The molecule has 0 aromatic carbocycles. The largest absolute Gasteiger partial charge is 0.360 e. The number of ether oxygens (including phenoxy) is 1. The van der Waals surface area contributed by atoms with Gasteiger partial charge >= 0.3 is 0 Å². The fourth-order valence-corrected chi connectivity index (χ4v) is 16.5. The molecule has 10 unspecified atom stereocenters. The molecule has 10 fully saturated rings. The molecule has 7 aliphatic carbocycles. The smallest absolute Gasteiger partial charge is 0.111 e. The van der Waals surface area contributed by atoms with E-state index in [1.165, 1.54) is 173 Å². The van der Waals surface area contributed by atoms with E-state index in [1.54, 1.807) is 25.7 Å². The minimum absolute atomic E-state index is 0.390. The van der Waals surface area contributed by atoms with Crippen LogP contribution in [-0.2, 0) is 4.74 Å². The molecule has 10 aliphatic rings. The molecule has 10 rings (SSSR count). The van der Waals surface area contributed by atoms with Crippen molar-refractivity contribution >= 4 is 0 Å². The average Bonchev–Trinajstić information content (AvgIpc) is 3.74. The van der Waals surface area contributed by atoms with Gasteiger partial charge in [-0.25, -0.2) is 0 Å². The Labute approximate surface area is 314 Å². The van der Waals surface area contributed by atoms with Crippen LogP contribution in [0.3, 0.4) is 0 Å². The van der Waals surface area contributed by atoms with Gasteiger partial charge in [-0.05, 0) is 170 Å². The molecule has 3 saturated heterocycles. The zero-order valence-electron chi connectivity index (χ0n) is 33.0. The van der Waals surface area contributed by atoms with Gasteiger partial charge in [-0.15, -0.1) is 0 Å². The number of likely N-dealkylation sites (tertiary alicyclic amines) is 1. The normalized spacial score (nSPS) is 48.9. The highest BCUT2D eigenvalue weighted by molar-refractivity contribution is 5.08. The summed E-state index contributed by atoms with van der Waals surface area (Å²) in [7, 11) is 0. The third kappa shape index (κ3) is 6.98. The molecule has 0 bridgehead atoms. The predicted octanol–water partition coefficient (Wildman–Crippen LogP) is 11.0. The zero-order valence-corrected chi connectivity index (χ0v) is 33.0. The molecule has 51 heavy (non-hydrogen) atoms. The zero-order chi connectivity index (χ0) is 33.7. The van der Waals surface area contributed by atoms with Crippen LogP contribution in [0.25, 0.3) is 0 Å². The van der Waals surface area contributed by atoms with Gasteiger partial charge in [0.15, 0.2) is 0 Å². The number of fused-ring (bicyclic) bond motifs is 6. The topological polar surface area (TPSA) is 27.7 Å². The summed E-state index contributed by atoms with van der Waals surface area (Å²) in [5.41, 5.74) is 0. The highest BCUT2D eigenvalue weighted by Gasteiger charge is 2.55. The molecule has 0 spiro atoms. The highest BCUT2D eigenvalue weighted by Crippen LogP contribution is 2.54. The quantitative estimate of drug-likeness (QED) is 0.298. The maximum Gasteiger partial charge on any atom is 0.111 e. The molecule has 288 valence electrons. The van der Waals surface area contributed by atoms with Crippen molar-refractivity contribution in [2.75, 3.05) is 0 Å². The Morgan fingerprint density at radius 2 is 1.00 bits per heavy atom. The molecule has 4 nitrogen and oxygen atoms in total. The Hall–Kier alpha value is -0.160. The number of nitrogens with one attached hydrogen (secondary N) is 1. The lowest BCUT2D eigenvalue weighted by molar-refractivity contribution is -0.0254. The van der Waals surface area contributed by atoms with Crippen molar-refractivity contribution in [2.45, 2.75) is 254 Å². The van der Waals surface area contributed by atoms with Gasteiger partial charge in [0, 0.05) is 48.2 Å². The number of piperidine rings is 1. The predicted molar refractivity (Wildman–Crippen MR) is 210 cm³/mol. The first-order valence-corrected chi connectivity index (χ1v) is 24.2. The molecule has 3 aliphatic heterocycles. The van der Waals surface area contributed by atoms with Crippen LogP contribution in [-0.4, -0.2) is 64.4 Å². The van der Waals surface area contributed by atoms with E-state index in [-0.39, 0.29) is 0 Å². The van der Waals surface area contributed by atoms with Crippen LogP contribution in [0.2, 0.25) is 0 Å². The monoisotopic (exact) mass is 702 g/mol. The molecule has 0 aromatic heterocycles. The van der Waals surface area contributed by atoms with Crippen molar-refractivity contribution in [3.8, 4) is 0 Å². The van der Waals surface area contributed by atoms with Gasteiger partial charge in [0.2, 0.25) is 0 Å². The van der Waals surface area contributed by atoms with Gasteiger partial charge in [0.05, 0.1) is 6.10 Å². The molecule has 7 saturated carbocycles. The molecule has 4 heteroatoms. The molecule has 0 aromatic rings. The van der Waals surface area contributed by atoms with Crippen molar-refractivity contribution in [2.24, 2.45) is 41.4 Å². The maximum atomic E-state index is 6.67. The SMILES string of the molecule is C1CCC(N(C2CCCCC2)C2CCC3C(C2)C2CCCCC2N3C2CCC(C3CCC(C4CCC5C(N4)OC4CCCCC45)CC3)CC2)CC1. The lowest BCUT2D eigenvalue weighted by Crippen LogP contribution is -2.55. The average molecular weight is 702 g/mol. The van der Waals surface area contributed by atoms with Crippen LogP contribution in [0.15, 0.2) is 0 Å². The van der Waals surface area contributed by atoms with Gasteiger partial charge < -0.3 is 4.74 Å². The summed E-state index contributed by atoms with van der Waals surface area (Å²) < 4.78 is 6.67. The summed E-state index contributed by atoms with van der Waals surface area (Å²) in [6, 6.07) is 6.28. The van der Waals surface area contributed by atoms with Gasteiger partial charge in [-0.2, -0.15) is 0 Å². The second kappa shape index (κ2) is 15.8. The first-order chi connectivity index (χ1) is 25.3. The first kappa shape index (κ1) is 35.3. The van der Waals surface area contributed by atoms with Gasteiger partial charge in [0.1, 0.15) is 6.23 Å². The number of nitrogens with zero attached hydrogens (tertiary/aromatic N) is 2. The molecule has 3 heterocycles. The number of hydrogen-bond acceptors (Lipinski definition) is 4. The van der Waals surface area contributed by atoms with Gasteiger partial charge in [-0.1, -0.05) is 64.2 Å². The summed E-state index contributed by atoms with van der Waals surface area (Å²) in [6.45, 7) is 0. The lowest BCUT2D eigenvalue weighted by Gasteiger charge is -2.50. The van der Waals surface area contributed by atoms with E-state index in [1.807, 2.05) is 0 Å². The minimum Gasteiger partial charge on any atom is -0.360 e. The Kier molecular flexibility index (Phi) is 10.9. The van der Waals surface area contributed by atoms with Gasteiger partial charge in [-0.3, -0.25) is 15.1 Å². The van der Waals surface area contributed by atoms with Crippen LogP contribution >= 0.6 is 0 Å². The van der Waals surface area contributed by atoms with E-state index in [0.29, 0.717) is 12.3 Å². The van der Waals surface area contributed by atoms with Crippen LogP contribution in [0.4, 0.5) is 0 Å². The molecule has 0 amide bonds. The van der Waals surface area contributed by atoms with Gasteiger partial charge in [0.25, 0.3) is 0 Å². The lowest BCUT2D eigenvalue weighted by atomic mass is 9.67. The van der Waals surface area contributed by atoms with Crippen molar-refractivity contribution in [3.05, 3.63) is 0 Å². The summed E-state index contributed by atoms with van der Waals surface area (Å²) in [4.78, 5) is 6.58. The fourth-order valence-electron chi connectivity index (χ4n) is 16.5. The Balaban J connectivity index is 0.742. The van der Waals surface area contributed by atoms with E-state index >= 15 is 0 Å². The fraction of sp³-hybridized carbons (Fsp3) is 1.00. The van der Waals surface area contributed by atoms with E-state index < -0.39 is 0 Å². The Morgan fingerprint density at radius 3 is 1.73 bits per heavy atom. The maximum absolute atomic E-state index is 6.67. The Bertz CT molecular complexity index is 1100. The second-order valence-electron chi connectivity index (χ2n) is 21.0. The highest BCUT2D eigenvalue weighted by atomic mass is 16.5. The van der Waals surface area contributed by atoms with E-state index in [2.05, 4.69) is 15.1 Å². The minimum atomic E-state index is 0.390. The van der Waals surface area contributed by atoms with E-state index in [4.69, 9.17) is 4.74 Å². The van der Waals surface area contributed by atoms with Crippen LogP contribution in [0.5, 0.6) is 0 Å². The summed E-state index contributed by atoms with van der Waals surface area (Å²) in [5.74, 6) is 6.70. The van der Waals surface area contributed by atoms with Crippen molar-refractivity contribution in [1.29, 1.82) is 0 Å². The second-order valence-corrected chi connectivity index (χ2v) is 21.0. The van der Waals surface area contributed by atoms with Crippen LogP contribution < -0.4 is 5.32 Å². The summed E-state index contributed by atoms with van der Waals surface area (Å²) >= 11 is 0. The molecule has 10 atom stereocenters. The molecular formula is C47H79N3O. The number of rotatable bonds is 6.